The van der Waals surface area contributed by atoms with Crippen LogP contribution in [0.3, 0.4) is 0 Å². The first kappa shape index (κ1) is 27.3. The Labute approximate surface area is 269 Å². The Balaban J connectivity index is 1.17. The van der Waals surface area contributed by atoms with Gasteiger partial charge in [0.15, 0.2) is 17.5 Å². The van der Waals surface area contributed by atoms with E-state index in [2.05, 4.69) is 24.3 Å². The van der Waals surface area contributed by atoms with Gasteiger partial charge in [0, 0.05) is 27.8 Å². The molecule has 222 valence electrons. The fraction of sp³-hybridized carbons (Fsp3) is 0.0238. The first-order chi connectivity index (χ1) is 23.0. The molecule has 47 heavy (non-hydrogen) atoms. The van der Waals surface area contributed by atoms with Gasteiger partial charge in [-0.1, -0.05) is 133 Å². The van der Waals surface area contributed by atoms with Crippen molar-refractivity contribution in [3.63, 3.8) is 0 Å². The van der Waals surface area contributed by atoms with Crippen molar-refractivity contribution < 1.29 is 8.78 Å². The average molecular weight is 610 g/mol. The number of aromatic nitrogens is 3. The Kier molecular flexibility index (Phi) is 6.09. The van der Waals surface area contributed by atoms with E-state index in [1.807, 2.05) is 97.1 Å². The van der Waals surface area contributed by atoms with Gasteiger partial charge >= 0.3 is 0 Å². The zero-order chi connectivity index (χ0) is 31.5. The fourth-order valence-electron chi connectivity index (χ4n) is 6.68. The molecule has 0 aliphatic heterocycles. The summed E-state index contributed by atoms with van der Waals surface area (Å²) in [6, 6.07) is 48.6. The molecule has 0 atom stereocenters. The summed E-state index contributed by atoms with van der Waals surface area (Å²) in [5.41, 5.74) is 5.57. The van der Waals surface area contributed by atoms with Gasteiger partial charge in [-0.2, -0.15) is 8.78 Å². The molecule has 0 spiro atoms. The van der Waals surface area contributed by atoms with Crippen molar-refractivity contribution in [3.8, 4) is 56.4 Å². The van der Waals surface area contributed by atoms with Gasteiger partial charge in [-0.3, -0.25) is 0 Å². The summed E-state index contributed by atoms with van der Waals surface area (Å²) in [4.78, 5) is 14.9. The van der Waals surface area contributed by atoms with Gasteiger partial charge < -0.3 is 0 Å². The molecule has 8 aromatic rings. The van der Waals surface area contributed by atoms with Crippen LogP contribution in [-0.4, -0.2) is 15.0 Å². The minimum absolute atomic E-state index is 0.0460. The van der Waals surface area contributed by atoms with E-state index in [9.17, 15) is 0 Å². The van der Waals surface area contributed by atoms with Crippen molar-refractivity contribution in [2.75, 3.05) is 0 Å². The molecule has 0 fully saturated rings. The second kappa shape index (κ2) is 10.5. The van der Waals surface area contributed by atoms with Crippen molar-refractivity contribution in [1.29, 1.82) is 0 Å². The first-order valence-electron chi connectivity index (χ1n) is 15.5. The van der Waals surface area contributed by atoms with E-state index in [-0.39, 0.29) is 11.1 Å². The predicted molar refractivity (Wildman–Crippen MR) is 185 cm³/mol. The SMILES string of the molecule is FC1(F)c2ccccc2-c2ccc(-c3ccc4ccc(-c5nc(-c6ccccc6)nc(-c6cccc7ccccc67)n5)cc4c3)cc21. The molecule has 5 heteroatoms. The third-order valence-electron chi connectivity index (χ3n) is 9.04. The van der Waals surface area contributed by atoms with Gasteiger partial charge in [-0.05, 0) is 62.0 Å². The molecule has 9 rings (SSSR count). The molecule has 0 N–H and O–H groups in total. The largest absolute Gasteiger partial charge is 0.299 e. The van der Waals surface area contributed by atoms with Gasteiger partial charge in [0.2, 0.25) is 0 Å². The molecule has 1 aliphatic rings. The molecule has 1 heterocycles. The summed E-state index contributed by atoms with van der Waals surface area (Å²) in [5, 5.41) is 4.17. The molecule has 0 amide bonds. The van der Waals surface area contributed by atoms with Crippen LogP contribution in [-0.2, 0) is 5.92 Å². The third kappa shape index (κ3) is 4.50. The molecule has 0 saturated heterocycles. The van der Waals surface area contributed by atoms with Gasteiger partial charge in [0.1, 0.15) is 0 Å². The van der Waals surface area contributed by atoms with E-state index in [4.69, 9.17) is 15.0 Å². The molecule has 0 radical (unpaired) electrons. The smallest absolute Gasteiger partial charge is 0.208 e. The summed E-state index contributed by atoms with van der Waals surface area (Å²) >= 11 is 0. The highest BCUT2D eigenvalue weighted by atomic mass is 19.3. The Hall–Kier alpha value is -6.07. The molecule has 1 aliphatic carbocycles. The van der Waals surface area contributed by atoms with E-state index in [1.54, 1.807) is 24.3 Å². The van der Waals surface area contributed by atoms with Gasteiger partial charge in [-0.25, -0.2) is 15.0 Å². The minimum atomic E-state index is -3.04. The zero-order valence-electron chi connectivity index (χ0n) is 25.0. The van der Waals surface area contributed by atoms with Gasteiger partial charge in [0.25, 0.3) is 5.92 Å². The first-order valence-corrected chi connectivity index (χ1v) is 15.5. The monoisotopic (exact) mass is 609 g/mol. The van der Waals surface area contributed by atoms with E-state index in [1.165, 1.54) is 6.07 Å². The van der Waals surface area contributed by atoms with Crippen molar-refractivity contribution >= 4 is 21.5 Å². The van der Waals surface area contributed by atoms with E-state index < -0.39 is 5.92 Å². The number of hydrogen-bond donors (Lipinski definition) is 0. The number of halogens is 2. The Morgan fingerprint density at radius 2 is 0.957 bits per heavy atom. The van der Waals surface area contributed by atoms with Crippen LogP contribution in [0.25, 0.3) is 78.0 Å². The summed E-state index contributed by atoms with van der Waals surface area (Å²) in [5.74, 6) is -1.29. The molecular weight excluding hydrogens is 584 g/mol. The van der Waals surface area contributed by atoms with Crippen LogP contribution in [0, 0.1) is 0 Å². The fourth-order valence-corrected chi connectivity index (χ4v) is 6.68. The predicted octanol–water partition coefficient (Wildman–Crippen LogP) is 11.0. The number of rotatable bonds is 4. The number of nitrogens with zero attached hydrogens (tertiary/aromatic N) is 3. The lowest BCUT2D eigenvalue weighted by Crippen LogP contribution is -2.10. The summed E-state index contributed by atoms with van der Waals surface area (Å²) in [6.45, 7) is 0. The topological polar surface area (TPSA) is 38.7 Å². The number of fused-ring (bicyclic) bond motifs is 5. The van der Waals surface area contributed by atoms with E-state index in [0.717, 1.165) is 49.4 Å². The van der Waals surface area contributed by atoms with Crippen LogP contribution in [0.5, 0.6) is 0 Å². The normalized spacial score (nSPS) is 13.1. The van der Waals surface area contributed by atoms with Crippen molar-refractivity contribution in [2.24, 2.45) is 0 Å². The summed E-state index contributed by atoms with van der Waals surface area (Å²) in [6.07, 6.45) is 0. The van der Waals surface area contributed by atoms with E-state index in [0.29, 0.717) is 28.6 Å². The average Bonchev–Trinajstić information content (AvgIpc) is 3.36. The maximum Gasteiger partial charge on any atom is 0.299 e. The summed E-state index contributed by atoms with van der Waals surface area (Å²) < 4.78 is 31.0. The van der Waals surface area contributed by atoms with Crippen molar-refractivity contribution in [1.82, 2.24) is 15.0 Å². The Morgan fingerprint density at radius 3 is 1.83 bits per heavy atom. The second-order valence-corrected chi connectivity index (χ2v) is 11.9. The number of hydrogen-bond acceptors (Lipinski definition) is 3. The maximum atomic E-state index is 15.5. The van der Waals surface area contributed by atoms with Crippen LogP contribution in [0.1, 0.15) is 11.1 Å². The third-order valence-corrected chi connectivity index (χ3v) is 9.04. The number of benzene rings is 7. The van der Waals surface area contributed by atoms with Crippen LogP contribution in [0.4, 0.5) is 8.78 Å². The van der Waals surface area contributed by atoms with Gasteiger partial charge in [-0.15, -0.1) is 0 Å². The maximum absolute atomic E-state index is 15.5. The van der Waals surface area contributed by atoms with Crippen LogP contribution in [0.15, 0.2) is 152 Å². The lowest BCUT2D eigenvalue weighted by molar-refractivity contribution is 0.0480. The molecule has 0 saturated carbocycles. The summed E-state index contributed by atoms with van der Waals surface area (Å²) in [7, 11) is 0. The molecule has 0 bridgehead atoms. The highest BCUT2D eigenvalue weighted by Gasteiger charge is 2.44. The number of alkyl halides is 2. The Bertz CT molecular complexity index is 2500. The highest BCUT2D eigenvalue weighted by Crippen LogP contribution is 2.51. The second-order valence-electron chi connectivity index (χ2n) is 11.9. The Morgan fingerprint density at radius 1 is 0.362 bits per heavy atom. The van der Waals surface area contributed by atoms with Crippen molar-refractivity contribution in [2.45, 2.75) is 5.92 Å². The lowest BCUT2D eigenvalue weighted by atomic mass is 9.96. The minimum Gasteiger partial charge on any atom is -0.208 e. The molecule has 1 aromatic heterocycles. The standard InChI is InChI=1S/C42H25F2N3/c43-42(44)37-16-7-6-14-34(37)35-22-21-30(25-38(35)42)29-19-17-26-18-20-31(24-32(26)23-29)40-45-39(28-10-2-1-3-11-28)46-41(47-40)36-15-8-12-27-9-4-5-13-33(27)36/h1-25H. The molecule has 0 unspecified atom stereocenters. The zero-order valence-corrected chi connectivity index (χ0v) is 25.0. The van der Waals surface area contributed by atoms with Crippen LogP contribution < -0.4 is 0 Å². The van der Waals surface area contributed by atoms with Crippen LogP contribution >= 0.6 is 0 Å². The van der Waals surface area contributed by atoms with Crippen LogP contribution in [0.2, 0.25) is 0 Å². The van der Waals surface area contributed by atoms with E-state index >= 15 is 8.78 Å². The highest BCUT2D eigenvalue weighted by molar-refractivity contribution is 5.96. The molecule has 3 nitrogen and oxygen atoms in total. The molecule has 7 aromatic carbocycles. The molecular formula is C42H25F2N3. The lowest BCUT2D eigenvalue weighted by Gasteiger charge is -2.14. The van der Waals surface area contributed by atoms with Crippen molar-refractivity contribution in [3.05, 3.63) is 163 Å². The van der Waals surface area contributed by atoms with Gasteiger partial charge in [0.05, 0.1) is 0 Å². The quantitative estimate of drug-likeness (QED) is 0.199.